The fourth-order valence-electron chi connectivity index (χ4n) is 1.34. The van der Waals surface area contributed by atoms with Crippen molar-refractivity contribution in [3.63, 3.8) is 0 Å². The summed E-state index contributed by atoms with van der Waals surface area (Å²) in [4.78, 5) is 15.0. The Hall–Kier alpha value is -1.90. The third kappa shape index (κ3) is 2.21. The number of primary amides is 1. The first-order valence-electron chi connectivity index (χ1n) is 4.66. The molecule has 2 aromatic rings. The van der Waals surface area contributed by atoms with E-state index in [1.165, 1.54) is 13.2 Å². The Morgan fingerprint density at radius 3 is 2.61 bits per heavy atom. The third-order valence-corrected chi connectivity index (χ3v) is 3.17. The molecule has 0 aromatic carbocycles. The van der Waals surface area contributed by atoms with Crippen LogP contribution in [0.4, 0.5) is 13.2 Å². The van der Waals surface area contributed by atoms with Crippen molar-refractivity contribution in [3.05, 3.63) is 23.0 Å². The maximum Gasteiger partial charge on any atom is 0.435 e. The highest BCUT2D eigenvalue weighted by atomic mass is 32.1. The van der Waals surface area contributed by atoms with E-state index >= 15 is 0 Å². The molecule has 0 saturated heterocycles. The Morgan fingerprint density at radius 1 is 1.50 bits per heavy atom. The van der Waals surface area contributed by atoms with Crippen molar-refractivity contribution in [1.82, 2.24) is 14.8 Å². The lowest BCUT2D eigenvalue weighted by atomic mass is 10.3. The number of nitrogens with zero attached hydrogens (tertiary/aromatic N) is 3. The van der Waals surface area contributed by atoms with Crippen molar-refractivity contribution in [1.29, 1.82) is 0 Å². The van der Waals surface area contributed by atoms with E-state index in [1.54, 1.807) is 0 Å². The van der Waals surface area contributed by atoms with Crippen LogP contribution in [0.1, 0.15) is 15.5 Å². The lowest BCUT2D eigenvalue weighted by Gasteiger charge is -1.98. The molecule has 0 bridgehead atoms. The number of aryl methyl sites for hydroxylation is 1. The van der Waals surface area contributed by atoms with Crippen molar-refractivity contribution in [3.8, 4) is 10.6 Å². The Kier molecular flexibility index (Phi) is 2.85. The number of hydrogen-bond donors (Lipinski definition) is 1. The van der Waals surface area contributed by atoms with Gasteiger partial charge in [-0.3, -0.25) is 9.48 Å². The topological polar surface area (TPSA) is 73.8 Å². The Balaban J connectivity index is 2.44. The van der Waals surface area contributed by atoms with Gasteiger partial charge >= 0.3 is 6.18 Å². The lowest BCUT2D eigenvalue weighted by Crippen LogP contribution is -2.09. The number of carbonyl (C=O) groups is 1. The molecule has 1 amide bonds. The molecule has 2 rings (SSSR count). The average Bonchev–Trinajstić information content (AvgIpc) is 2.81. The van der Waals surface area contributed by atoms with Crippen LogP contribution in [0.3, 0.4) is 0 Å². The van der Waals surface area contributed by atoms with Gasteiger partial charge in [0.05, 0.1) is 10.6 Å². The third-order valence-electron chi connectivity index (χ3n) is 2.14. The van der Waals surface area contributed by atoms with Crippen LogP contribution in [0.25, 0.3) is 10.6 Å². The van der Waals surface area contributed by atoms with Gasteiger partial charge in [-0.2, -0.15) is 18.3 Å². The molecule has 0 aliphatic rings. The molecule has 5 nitrogen and oxygen atoms in total. The van der Waals surface area contributed by atoms with E-state index in [0.717, 1.165) is 22.1 Å². The molecular weight excluding hydrogens is 269 g/mol. The number of alkyl halides is 3. The van der Waals surface area contributed by atoms with Crippen LogP contribution in [0.2, 0.25) is 0 Å². The van der Waals surface area contributed by atoms with E-state index in [-0.39, 0.29) is 10.7 Å². The minimum absolute atomic E-state index is 0.0414. The number of halogens is 3. The summed E-state index contributed by atoms with van der Waals surface area (Å²) in [6.45, 7) is 0. The second kappa shape index (κ2) is 4.09. The van der Waals surface area contributed by atoms with Crippen LogP contribution in [0, 0.1) is 0 Å². The normalized spacial score (nSPS) is 11.8. The number of rotatable bonds is 2. The summed E-state index contributed by atoms with van der Waals surface area (Å²) in [6.07, 6.45) is -3.21. The summed E-state index contributed by atoms with van der Waals surface area (Å²) in [5.41, 5.74) is 4.26. The van der Waals surface area contributed by atoms with Crippen LogP contribution >= 0.6 is 11.3 Å². The van der Waals surface area contributed by atoms with E-state index in [4.69, 9.17) is 5.73 Å². The Morgan fingerprint density at radius 2 is 2.17 bits per heavy atom. The second-order valence-corrected chi connectivity index (χ2v) is 4.46. The highest BCUT2D eigenvalue weighted by Crippen LogP contribution is 2.33. The van der Waals surface area contributed by atoms with Gasteiger partial charge in [-0.1, -0.05) is 0 Å². The van der Waals surface area contributed by atoms with E-state index in [9.17, 15) is 18.0 Å². The molecule has 2 N–H and O–H groups in total. The maximum atomic E-state index is 12.5. The van der Waals surface area contributed by atoms with Crippen LogP contribution in [0.15, 0.2) is 12.3 Å². The van der Waals surface area contributed by atoms with Crippen molar-refractivity contribution in [2.45, 2.75) is 6.18 Å². The largest absolute Gasteiger partial charge is 0.435 e. The van der Waals surface area contributed by atoms with Gasteiger partial charge in [0, 0.05) is 13.2 Å². The number of hydrogen-bond acceptors (Lipinski definition) is 4. The van der Waals surface area contributed by atoms with E-state index in [1.807, 2.05) is 0 Å². The number of nitrogens with two attached hydrogens (primary N) is 1. The molecular formula is C9H7F3N4OS. The van der Waals surface area contributed by atoms with Crippen molar-refractivity contribution in [2.24, 2.45) is 12.8 Å². The molecule has 96 valence electrons. The second-order valence-electron chi connectivity index (χ2n) is 3.43. The quantitative estimate of drug-likeness (QED) is 0.906. The molecule has 0 radical (unpaired) electrons. The van der Waals surface area contributed by atoms with Gasteiger partial charge in [-0.05, 0) is 6.07 Å². The molecule has 0 unspecified atom stereocenters. The fourth-order valence-corrected chi connectivity index (χ4v) is 2.16. The summed E-state index contributed by atoms with van der Waals surface area (Å²) in [6, 6.07) is 0.901. The number of aromatic nitrogens is 3. The first-order valence-corrected chi connectivity index (χ1v) is 5.48. The van der Waals surface area contributed by atoms with Gasteiger partial charge in [0.2, 0.25) is 0 Å². The predicted molar refractivity (Wildman–Crippen MR) is 57.8 cm³/mol. The van der Waals surface area contributed by atoms with Gasteiger partial charge in [0.25, 0.3) is 5.91 Å². The zero-order chi connectivity index (χ0) is 13.5. The molecule has 0 saturated carbocycles. The van der Waals surface area contributed by atoms with Crippen molar-refractivity contribution >= 4 is 17.2 Å². The minimum atomic E-state index is -4.51. The fraction of sp³-hybridized carbons (Fsp3) is 0.222. The minimum Gasteiger partial charge on any atom is -0.364 e. The smallest absolute Gasteiger partial charge is 0.364 e. The van der Waals surface area contributed by atoms with Crippen LogP contribution in [-0.2, 0) is 13.2 Å². The van der Waals surface area contributed by atoms with Gasteiger partial charge in [-0.15, -0.1) is 11.3 Å². The molecule has 0 aliphatic carbocycles. The molecule has 18 heavy (non-hydrogen) atoms. The van der Waals surface area contributed by atoms with Crippen LogP contribution in [0.5, 0.6) is 0 Å². The first-order chi connectivity index (χ1) is 8.29. The summed E-state index contributed by atoms with van der Waals surface area (Å²) in [5.74, 6) is -0.718. The Bertz CT molecular complexity index is 601. The Labute approximate surface area is 103 Å². The van der Waals surface area contributed by atoms with Crippen LogP contribution < -0.4 is 5.73 Å². The predicted octanol–water partition coefficient (Wildman–Crippen LogP) is 1.66. The van der Waals surface area contributed by atoms with Gasteiger partial charge in [-0.25, -0.2) is 4.98 Å². The van der Waals surface area contributed by atoms with E-state index in [0.29, 0.717) is 4.88 Å². The summed E-state index contributed by atoms with van der Waals surface area (Å²) in [5, 5.41) is 3.41. The summed E-state index contributed by atoms with van der Waals surface area (Å²) < 4.78 is 38.5. The molecule has 2 aromatic heterocycles. The van der Waals surface area contributed by atoms with Crippen molar-refractivity contribution < 1.29 is 18.0 Å². The number of carbonyl (C=O) groups excluding carboxylic acids is 1. The molecule has 0 atom stereocenters. The van der Waals surface area contributed by atoms with Gasteiger partial charge in [0.15, 0.2) is 10.7 Å². The monoisotopic (exact) mass is 276 g/mol. The number of amides is 1. The zero-order valence-electron chi connectivity index (χ0n) is 9.02. The zero-order valence-corrected chi connectivity index (χ0v) is 9.84. The van der Waals surface area contributed by atoms with E-state index in [2.05, 4.69) is 10.1 Å². The molecule has 2 heterocycles. The maximum absolute atomic E-state index is 12.5. The van der Waals surface area contributed by atoms with Crippen molar-refractivity contribution in [2.75, 3.05) is 0 Å². The van der Waals surface area contributed by atoms with Crippen LogP contribution in [-0.4, -0.2) is 20.7 Å². The summed E-state index contributed by atoms with van der Waals surface area (Å²) in [7, 11) is 1.38. The molecule has 9 heteroatoms. The average molecular weight is 276 g/mol. The SMILES string of the molecule is Cn1nc(C(F)(F)F)cc1-c1cnc(C(N)=O)s1. The van der Waals surface area contributed by atoms with Gasteiger partial charge < -0.3 is 5.73 Å². The first kappa shape index (κ1) is 12.6. The highest BCUT2D eigenvalue weighted by molar-refractivity contribution is 7.16. The highest BCUT2D eigenvalue weighted by Gasteiger charge is 2.34. The lowest BCUT2D eigenvalue weighted by molar-refractivity contribution is -0.141. The van der Waals surface area contributed by atoms with Gasteiger partial charge in [0.1, 0.15) is 0 Å². The van der Waals surface area contributed by atoms with E-state index < -0.39 is 17.8 Å². The standard InChI is InChI=1S/C9H7F3N4OS/c1-16-4(2-6(15-16)9(10,11)12)5-3-14-8(18-5)7(13)17/h2-3H,1H3,(H2,13,17). The molecule has 0 spiro atoms. The summed E-state index contributed by atoms with van der Waals surface area (Å²) >= 11 is 0.918. The number of thiazole rings is 1. The molecule has 0 fully saturated rings. The molecule has 0 aliphatic heterocycles.